The molecular weight excluding hydrogens is 482 g/mol. The summed E-state index contributed by atoms with van der Waals surface area (Å²) in [6.07, 6.45) is 5.48. The van der Waals surface area contributed by atoms with Gasteiger partial charge in [0.2, 0.25) is 5.88 Å². The maximum Gasteiger partial charge on any atom is 0.335 e. The topological polar surface area (TPSA) is 102 Å². The minimum absolute atomic E-state index is 0.134. The van der Waals surface area contributed by atoms with E-state index in [0.29, 0.717) is 18.3 Å². The molecule has 2 aromatic heterocycles. The molecule has 2 aliphatic heterocycles. The molecule has 1 aromatic carbocycles. The van der Waals surface area contributed by atoms with Gasteiger partial charge in [0.05, 0.1) is 35.3 Å². The normalized spacial score (nSPS) is 20.0. The summed E-state index contributed by atoms with van der Waals surface area (Å²) in [7, 11) is 0. The van der Waals surface area contributed by atoms with Crippen LogP contribution in [0.25, 0.3) is 11.0 Å². The number of hydrogen-bond acceptors (Lipinski definition) is 7. The van der Waals surface area contributed by atoms with Gasteiger partial charge in [0.15, 0.2) is 6.23 Å². The van der Waals surface area contributed by atoms with E-state index >= 15 is 0 Å². The third kappa shape index (κ3) is 5.54. The molecule has 2 saturated heterocycles. The largest absolute Gasteiger partial charge is 0.478 e. The fourth-order valence-corrected chi connectivity index (χ4v) is 5.62. The number of imidazole rings is 1. The molecule has 0 amide bonds. The van der Waals surface area contributed by atoms with Crippen molar-refractivity contribution in [2.45, 2.75) is 70.4 Å². The number of carbonyl (C=O) groups is 1. The lowest BCUT2D eigenvalue weighted by Crippen LogP contribution is -2.38. The highest BCUT2D eigenvalue weighted by atomic mass is 16.5. The molecule has 0 spiro atoms. The van der Waals surface area contributed by atoms with Gasteiger partial charge in [-0.25, -0.2) is 14.8 Å². The number of carboxylic acid groups (broad SMARTS) is 1. The Kier molecular flexibility index (Phi) is 7.95. The van der Waals surface area contributed by atoms with Crippen LogP contribution in [0.5, 0.6) is 5.88 Å². The van der Waals surface area contributed by atoms with Crippen molar-refractivity contribution in [2.24, 2.45) is 0 Å². The minimum atomic E-state index is -0.925. The molecular formula is C29H37N5O4. The Labute approximate surface area is 223 Å². The monoisotopic (exact) mass is 519 g/mol. The van der Waals surface area contributed by atoms with E-state index in [4.69, 9.17) is 19.4 Å². The number of likely N-dealkylation sites (tertiary alicyclic amines) is 1. The fourth-order valence-electron chi connectivity index (χ4n) is 5.62. The number of aromatic nitrogens is 3. The van der Waals surface area contributed by atoms with Crippen molar-refractivity contribution in [3.63, 3.8) is 0 Å². The molecule has 5 rings (SSSR count). The zero-order valence-electron chi connectivity index (χ0n) is 22.2. The second-order valence-corrected chi connectivity index (χ2v) is 10.2. The molecule has 0 bridgehead atoms. The predicted molar refractivity (Wildman–Crippen MR) is 145 cm³/mol. The van der Waals surface area contributed by atoms with Gasteiger partial charge in [-0.15, -0.1) is 0 Å². The zero-order chi connectivity index (χ0) is 26.6. The van der Waals surface area contributed by atoms with Crippen molar-refractivity contribution in [2.75, 3.05) is 19.7 Å². The third-order valence-corrected chi connectivity index (χ3v) is 7.69. The van der Waals surface area contributed by atoms with Gasteiger partial charge >= 0.3 is 5.97 Å². The van der Waals surface area contributed by atoms with Crippen molar-refractivity contribution in [3.05, 3.63) is 66.3 Å². The number of nitrogens with zero attached hydrogens (tertiary/aromatic N) is 4. The van der Waals surface area contributed by atoms with Crippen LogP contribution in [0, 0.1) is 0 Å². The lowest BCUT2D eigenvalue weighted by atomic mass is 9.93. The Morgan fingerprint density at radius 3 is 2.71 bits per heavy atom. The standard InChI is InChI=1S/C29H37N5O4/c1-4-24(26-13-16-37-26)34-25-17-21(29(35)36)9-10-23(25)31-27(34)18-33-14-11-20(12-15-33)22-7-6-8-28(32-22)38-19(3)30-5-2/h5-10,17,19-20,24,26,30H,2,4,11-16,18H2,1,3H3,(H,35,36)/t19?,24?,26-/m0/s1. The van der Waals surface area contributed by atoms with Crippen LogP contribution >= 0.6 is 0 Å². The molecule has 202 valence electrons. The van der Waals surface area contributed by atoms with Crippen molar-refractivity contribution in [3.8, 4) is 5.88 Å². The second kappa shape index (κ2) is 11.5. The molecule has 4 heterocycles. The number of fused-ring (bicyclic) bond motifs is 1. The number of ether oxygens (including phenoxy) is 2. The molecule has 3 atom stereocenters. The number of carboxylic acids is 1. The third-order valence-electron chi connectivity index (χ3n) is 7.69. The SMILES string of the molecule is C=CNC(C)Oc1cccc(C2CCN(Cc3nc4ccc(C(=O)O)cc4n3C(CC)[C@@H]3CCO3)CC2)n1. The summed E-state index contributed by atoms with van der Waals surface area (Å²) in [5.41, 5.74) is 3.05. The van der Waals surface area contributed by atoms with Gasteiger partial charge in [0.25, 0.3) is 0 Å². The van der Waals surface area contributed by atoms with Gasteiger partial charge in [0.1, 0.15) is 5.82 Å². The molecule has 3 aromatic rings. The average Bonchev–Trinajstić information content (AvgIpc) is 3.23. The number of rotatable bonds is 11. The smallest absolute Gasteiger partial charge is 0.335 e. The summed E-state index contributed by atoms with van der Waals surface area (Å²) in [6, 6.07) is 11.3. The highest BCUT2D eigenvalue weighted by Gasteiger charge is 2.32. The maximum absolute atomic E-state index is 11.7. The number of piperidine rings is 1. The number of pyridine rings is 1. The van der Waals surface area contributed by atoms with Gasteiger partial charge in [-0.3, -0.25) is 4.90 Å². The van der Waals surface area contributed by atoms with Gasteiger partial charge in [-0.05, 0) is 76.2 Å². The van der Waals surface area contributed by atoms with Gasteiger partial charge in [-0.1, -0.05) is 19.6 Å². The first-order valence-electron chi connectivity index (χ1n) is 13.6. The Morgan fingerprint density at radius 1 is 1.26 bits per heavy atom. The Hall–Kier alpha value is -3.43. The van der Waals surface area contributed by atoms with E-state index in [1.54, 1.807) is 18.3 Å². The van der Waals surface area contributed by atoms with Crippen LogP contribution in [0.4, 0.5) is 0 Å². The summed E-state index contributed by atoms with van der Waals surface area (Å²) < 4.78 is 14.0. The molecule has 2 N–H and O–H groups in total. The number of nitrogens with one attached hydrogen (secondary N) is 1. The Bertz CT molecular complexity index is 1280. The molecule has 38 heavy (non-hydrogen) atoms. The van der Waals surface area contributed by atoms with Gasteiger partial charge in [-0.2, -0.15) is 0 Å². The van der Waals surface area contributed by atoms with Crippen LogP contribution in [-0.2, 0) is 11.3 Å². The number of aromatic carboxylic acids is 1. The van der Waals surface area contributed by atoms with E-state index in [0.717, 1.165) is 67.9 Å². The van der Waals surface area contributed by atoms with E-state index in [1.807, 2.05) is 25.1 Å². The average molecular weight is 520 g/mol. The van der Waals surface area contributed by atoms with Crippen molar-refractivity contribution >= 4 is 17.0 Å². The van der Waals surface area contributed by atoms with Gasteiger partial charge < -0.3 is 24.5 Å². The zero-order valence-corrected chi connectivity index (χ0v) is 22.2. The second-order valence-electron chi connectivity index (χ2n) is 10.2. The van der Waals surface area contributed by atoms with Crippen LogP contribution in [0.15, 0.2) is 49.2 Å². The van der Waals surface area contributed by atoms with E-state index in [9.17, 15) is 9.90 Å². The molecule has 0 saturated carbocycles. The summed E-state index contributed by atoms with van der Waals surface area (Å²) in [6.45, 7) is 11.1. The van der Waals surface area contributed by atoms with E-state index in [2.05, 4.69) is 34.4 Å². The fraction of sp³-hybridized carbons (Fsp3) is 0.483. The molecule has 9 heteroatoms. The lowest BCUT2D eigenvalue weighted by Gasteiger charge is -2.36. The van der Waals surface area contributed by atoms with Gasteiger partial charge in [0, 0.05) is 24.3 Å². The summed E-state index contributed by atoms with van der Waals surface area (Å²) >= 11 is 0. The van der Waals surface area contributed by atoms with E-state index in [-0.39, 0.29) is 23.9 Å². The number of benzene rings is 1. The predicted octanol–water partition coefficient (Wildman–Crippen LogP) is 4.71. The summed E-state index contributed by atoms with van der Waals surface area (Å²) in [4.78, 5) is 23.9. The number of hydrogen-bond donors (Lipinski definition) is 2. The highest BCUT2D eigenvalue weighted by Crippen LogP contribution is 2.34. The van der Waals surface area contributed by atoms with Crippen LogP contribution in [0.1, 0.15) is 73.4 Å². The Morgan fingerprint density at radius 2 is 2.05 bits per heavy atom. The first-order chi connectivity index (χ1) is 18.5. The molecule has 2 aliphatic rings. The van der Waals surface area contributed by atoms with E-state index in [1.165, 1.54) is 0 Å². The van der Waals surface area contributed by atoms with Crippen molar-refractivity contribution in [1.82, 2.24) is 24.8 Å². The molecule has 2 unspecified atom stereocenters. The Balaban J connectivity index is 1.32. The van der Waals surface area contributed by atoms with E-state index < -0.39 is 5.97 Å². The first kappa shape index (κ1) is 26.2. The minimum Gasteiger partial charge on any atom is -0.478 e. The molecule has 2 fully saturated rings. The van der Waals surface area contributed by atoms with Crippen LogP contribution in [-0.4, -0.2) is 62.5 Å². The van der Waals surface area contributed by atoms with Crippen molar-refractivity contribution < 1.29 is 19.4 Å². The quantitative estimate of drug-likeness (QED) is 0.351. The summed E-state index contributed by atoms with van der Waals surface area (Å²) in [5.74, 6) is 1.04. The molecule has 9 nitrogen and oxygen atoms in total. The lowest BCUT2D eigenvalue weighted by molar-refractivity contribution is -0.0808. The summed E-state index contributed by atoms with van der Waals surface area (Å²) in [5, 5.41) is 12.6. The van der Waals surface area contributed by atoms with Crippen LogP contribution < -0.4 is 10.1 Å². The molecule has 0 radical (unpaired) electrons. The highest BCUT2D eigenvalue weighted by molar-refractivity contribution is 5.92. The first-order valence-corrected chi connectivity index (χ1v) is 13.6. The molecule has 0 aliphatic carbocycles. The van der Waals surface area contributed by atoms with Crippen molar-refractivity contribution in [1.29, 1.82) is 0 Å². The van der Waals surface area contributed by atoms with Crippen LogP contribution in [0.3, 0.4) is 0 Å². The maximum atomic E-state index is 11.7. The van der Waals surface area contributed by atoms with Crippen LogP contribution in [0.2, 0.25) is 0 Å².